The maximum absolute atomic E-state index is 11.4. The molecule has 1 rings (SSSR count). The lowest BCUT2D eigenvalue weighted by atomic mass is 10.0. The Morgan fingerprint density at radius 2 is 2.27 bits per heavy atom. The lowest BCUT2D eigenvalue weighted by molar-refractivity contribution is -0.140. The Kier molecular flexibility index (Phi) is 4.81. The Balaban J connectivity index is 2.36. The van der Waals surface area contributed by atoms with E-state index >= 15 is 0 Å². The number of Topliss-reactive ketones (excluding diaryl/α,β-unsaturated/α-hetero) is 1. The second kappa shape index (κ2) is 6.17. The summed E-state index contributed by atoms with van der Waals surface area (Å²) in [6, 6.07) is 0. The van der Waals surface area contributed by atoms with Crippen molar-refractivity contribution in [2.24, 2.45) is 0 Å². The number of ketones is 1. The molecule has 0 unspecified atom stereocenters. The molecule has 1 aliphatic carbocycles. The van der Waals surface area contributed by atoms with Crippen molar-refractivity contribution in [1.29, 1.82) is 0 Å². The number of carbonyl (C=O) groups is 2. The molecule has 0 spiro atoms. The van der Waals surface area contributed by atoms with Crippen LogP contribution in [-0.4, -0.2) is 18.4 Å². The summed E-state index contributed by atoms with van der Waals surface area (Å²) in [4.78, 5) is 22.7. The van der Waals surface area contributed by atoms with Crippen molar-refractivity contribution in [1.82, 2.24) is 0 Å². The van der Waals surface area contributed by atoms with Crippen molar-refractivity contribution < 1.29 is 14.3 Å². The first-order chi connectivity index (χ1) is 7.25. The molecule has 3 heteroatoms. The van der Waals surface area contributed by atoms with Crippen LogP contribution in [0.3, 0.4) is 0 Å². The van der Waals surface area contributed by atoms with E-state index in [0.29, 0.717) is 13.0 Å². The molecule has 0 aromatic carbocycles. The Hall–Kier alpha value is -1.38. The molecule has 0 atom stereocenters. The lowest BCUT2D eigenvalue weighted by Gasteiger charge is -2.07. The first-order valence-electron chi connectivity index (χ1n) is 5.33. The van der Waals surface area contributed by atoms with Gasteiger partial charge in [-0.25, -0.2) is 4.79 Å². The molecular formula is C12H16O3. The van der Waals surface area contributed by atoms with Gasteiger partial charge in [0.2, 0.25) is 0 Å². The molecule has 3 nitrogen and oxygen atoms in total. The predicted molar refractivity (Wildman–Crippen MR) is 57.3 cm³/mol. The SMILES string of the molecule is CCCCCOC(=O)C1=CC=CCC1=O. The first kappa shape index (κ1) is 11.7. The molecule has 0 aliphatic heterocycles. The molecule has 0 bridgehead atoms. The van der Waals surface area contributed by atoms with E-state index in [1.54, 1.807) is 12.2 Å². The third kappa shape index (κ3) is 3.70. The van der Waals surface area contributed by atoms with Gasteiger partial charge in [-0.2, -0.15) is 0 Å². The maximum Gasteiger partial charge on any atom is 0.341 e. The Labute approximate surface area is 89.8 Å². The van der Waals surface area contributed by atoms with Gasteiger partial charge in [-0.1, -0.05) is 31.9 Å². The first-order valence-corrected chi connectivity index (χ1v) is 5.33. The molecular weight excluding hydrogens is 192 g/mol. The average molecular weight is 208 g/mol. The van der Waals surface area contributed by atoms with Crippen LogP contribution in [0.4, 0.5) is 0 Å². The van der Waals surface area contributed by atoms with E-state index in [-0.39, 0.29) is 11.4 Å². The zero-order valence-electron chi connectivity index (χ0n) is 8.99. The largest absolute Gasteiger partial charge is 0.462 e. The van der Waals surface area contributed by atoms with Gasteiger partial charge in [-0.3, -0.25) is 4.79 Å². The molecule has 0 heterocycles. The third-order valence-corrected chi connectivity index (χ3v) is 2.20. The Morgan fingerprint density at radius 3 is 2.93 bits per heavy atom. The van der Waals surface area contributed by atoms with Crippen LogP contribution in [0.15, 0.2) is 23.8 Å². The van der Waals surface area contributed by atoms with Crippen LogP contribution in [0.1, 0.15) is 32.6 Å². The van der Waals surface area contributed by atoms with Crippen LogP contribution >= 0.6 is 0 Å². The molecule has 15 heavy (non-hydrogen) atoms. The van der Waals surface area contributed by atoms with E-state index in [2.05, 4.69) is 6.92 Å². The second-order valence-corrected chi connectivity index (χ2v) is 3.48. The van der Waals surface area contributed by atoms with Gasteiger partial charge < -0.3 is 4.74 Å². The highest BCUT2D eigenvalue weighted by Gasteiger charge is 2.19. The molecule has 0 amide bonds. The van der Waals surface area contributed by atoms with Crippen LogP contribution in [0.2, 0.25) is 0 Å². The van der Waals surface area contributed by atoms with Crippen molar-refractivity contribution in [3.05, 3.63) is 23.8 Å². The van der Waals surface area contributed by atoms with Gasteiger partial charge >= 0.3 is 5.97 Å². The number of rotatable bonds is 5. The summed E-state index contributed by atoms with van der Waals surface area (Å²) in [5, 5.41) is 0. The van der Waals surface area contributed by atoms with Gasteiger partial charge in [0, 0.05) is 6.42 Å². The van der Waals surface area contributed by atoms with Crippen LogP contribution in [0.25, 0.3) is 0 Å². The number of allylic oxidation sites excluding steroid dienone is 3. The average Bonchev–Trinajstić information content (AvgIpc) is 2.25. The minimum absolute atomic E-state index is 0.155. The Morgan fingerprint density at radius 1 is 1.47 bits per heavy atom. The van der Waals surface area contributed by atoms with Crippen molar-refractivity contribution in [3.8, 4) is 0 Å². The highest BCUT2D eigenvalue weighted by molar-refractivity contribution is 6.18. The van der Waals surface area contributed by atoms with Crippen LogP contribution in [0, 0.1) is 0 Å². The lowest BCUT2D eigenvalue weighted by Crippen LogP contribution is -2.17. The van der Waals surface area contributed by atoms with E-state index in [0.717, 1.165) is 19.3 Å². The van der Waals surface area contributed by atoms with Crippen LogP contribution in [-0.2, 0) is 14.3 Å². The van der Waals surface area contributed by atoms with Crippen LogP contribution in [0.5, 0.6) is 0 Å². The number of unbranched alkanes of at least 4 members (excludes halogenated alkanes) is 2. The molecule has 0 aromatic rings. The molecule has 0 fully saturated rings. The van der Waals surface area contributed by atoms with Crippen molar-refractivity contribution in [2.75, 3.05) is 6.61 Å². The van der Waals surface area contributed by atoms with Gasteiger partial charge in [0.25, 0.3) is 0 Å². The minimum Gasteiger partial charge on any atom is -0.462 e. The monoisotopic (exact) mass is 208 g/mol. The molecule has 0 N–H and O–H groups in total. The van der Waals surface area contributed by atoms with E-state index in [4.69, 9.17) is 4.74 Å². The number of ether oxygens (including phenoxy) is 1. The summed E-state index contributed by atoms with van der Waals surface area (Å²) in [5.41, 5.74) is 0.175. The topological polar surface area (TPSA) is 43.4 Å². The fourth-order valence-electron chi connectivity index (χ4n) is 1.32. The van der Waals surface area contributed by atoms with Gasteiger partial charge in [-0.15, -0.1) is 0 Å². The quantitative estimate of drug-likeness (QED) is 0.395. The van der Waals surface area contributed by atoms with Gasteiger partial charge in [0.05, 0.1) is 6.61 Å². The summed E-state index contributed by atoms with van der Waals surface area (Å²) in [5.74, 6) is -0.640. The maximum atomic E-state index is 11.4. The van der Waals surface area contributed by atoms with E-state index < -0.39 is 5.97 Å². The third-order valence-electron chi connectivity index (χ3n) is 2.20. The Bertz CT molecular complexity index is 300. The van der Waals surface area contributed by atoms with E-state index in [1.165, 1.54) is 6.08 Å². The summed E-state index contributed by atoms with van der Waals surface area (Å²) < 4.78 is 4.99. The van der Waals surface area contributed by atoms with Gasteiger partial charge in [-0.05, 0) is 12.5 Å². The number of hydrogen-bond donors (Lipinski definition) is 0. The normalized spacial score (nSPS) is 15.0. The van der Waals surface area contributed by atoms with E-state index in [9.17, 15) is 9.59 Å². The zero-order chi connectivity index (χ0) is 11.1. The molecule has 0 aromatic heterocycles. The summed E-state index contributed by atoms with van der Waals surface area (Å²) >= 11 is 0. The highest BCUT2D eigenvalue weighted by Crippen LogP contribution is 2.10. The predicted octanol–water partition coefficient (Wildman–Crippen LogP) is 2.18. The summed E-state index contributed by atoms with van der Waals surface area (Å²) in [6.07, 6.45) is 8.26. The van der Waals surface area contributed by atoms with Gasteiger partial charge in [0.1, 0.15) is 5.57 Å². The minimum atomic E-state index is -0.486. The van der Waals surface area contributed by atoms with Crippen molar-refractivity contribution in [3.63, 3.8) is 0 Å². The van der Waals surface area contributed by atoms with E-state index in [1.807, 2.05) is 0 Å². The standard InChI is InChI=1S/C12H16O3/c1-2-3-6-9-15-12(14)10-7-4-5-8-11(10)13/h4-5,7H,2-3,6,8-9H2,1H3. The second-order valence-electron chi connectivity index (χ2n) is 3.48. The smallest absolute Gasteiger partial charge is 0.341 e. The molecule has 0 radical (unpaired) electrons. The number of carbonyl (C=O) groups excluding carboxylic acids is 2. The van der Waals surface area contributed by atoms with Crippen LogP contribution < -0.4 is 0 Å². The van der Waals surface area contributed by atoms with Crippen molar-refractivity contribution >= 4 is 11.8 Å². The highest BCUT2D eigenvalue weighted by atomic mass is 16.5. The molecule has 82 valence electrons. The zero-order valence-corrected chi connectivity index (χ0v) is 8.99. The summed E-state index contributed by atoms with van der Waals surface area (Å²) in [6.45, 7) is 2.49. The fourth-order valence-corrected chi connectivity index (χ4v) is 1.32. The number of esters is 1. The summed E-state index contributed by atoms with van der Waals surface area (Å²) in [7, 11) is 0. The molecule has 1 aliphatic rings. The fraction of sp³-hybridized carbons (Fsp3) is 0.500. The molecule has 0 saturated carbocycles. The molecule has 0 saturated heterocycles. The van der Waals surface area contributed by atoms with Crippen molar-refractivity contribution in [2.45, 2.75) is 32.6 Å². The number of hydrogen-bond acceptors (Lipinski definition) is 3. The van der Waals surface area contributed by atoms with Gasteiger partial charge in [0.15, 0.2) is 5.78 Å².